The number of hydrogen-bond acceptors (Lipinski definition) is 4. The second-order valence-electron chi connectivity index (χ2n) is 8.59. The van der Waals surface area contributed by atoms with Gasteiger partial charge >= 0.3 is 5.97 Å². The molecule has 0 aliphatic carbocycles. The first-order chi connectivity index (χ1) is 15.3. The van der Waals surface area contributed by atoms with Gasteiger partial charge in [0, 0.05) is 24.5 Å². The van der Waals surface area contributed by atoms with Gasteiger partial charge in [0.05, 0.1) is 5.57 Å². The van der Waals surface area contributed by atoms with Gasteiger partial charge in [-0.1, -0.05) is 85.0 Å². The zero-order valence-electron chi connectivity index (χ0n) is 21.9. The molecule has 0 spiro atoms. The van der Waals surface area contributed by atoms with E-state index < -0.39 is 5.97 Å². The van der Waals surface area contributed by atoms with Crippen LogP contribution in [0.5, 0.6) is 0 Å². The molecule has 0 heterocycles. The van der Waals surface area contributed by atoms with Crippen LogP contribution in [0.1, 0.15) is 125 Å². The molecule has 0 aromatic carbocycles. The van der Waals surface area contributed by atoms with Crippen molar-refractivity contribution in [2.24, 2.45) is 0 Å². The Hall–Kier alpha value is -1.78. The first-order valence-electron chi connectivity index (χ1n) is 12.9. The van der Waals surface area contributed by atoms with E-state index >= 15 is 0 Å². The largest absolute Gasteiger partial charge is 0.478 e. The highest BCUT2D eigenvalue weighted by Crippen LogP contribution is 2.08. The summed E-state index contributed by atoms with van der Waals surface area (Å²) in [5.41, 5.74) is 2.29. The molecule has 0 aromatic heterocycles. The van der Waals surface area contributed by atoms with Crippen LogP contribution in [-0.4, -0.2) is 29.9 Å². The molecule has 0 aliphatic heterocycles. The molecular weight excluding hydrogens is 400 g/mol. The van der Waals surface area contributed by atoms with Crippen LogP contribution in [0.4, 0.5) is 0 Å². The van der Waals surface area contributed by atoms with E-state index in [1.165, 1.54) is 70.6 Å². The first-order valence-corrected chi connectivity index (χ1v) is 12.9. The van der Waals surface area contributed by atoms with Crippen LogP contribution in [0.15, 0.2) is 23.0 Å². The van der Waals surface area contributed by atoms with Gasteiger partial charge in [-0.05, 0) is 46.1 Å². The topological polar surface area (TPSA) is 78.4 Å². The Morgan fingerprint density at radius 2 is 1.12 bits per heavy atom. The summed E-state index contributed by atoms with van der Waals surface area (Å²) >= 11 is 0. The molecule has 0 rings (SSSR count). The third-order valence-electron chi connectivity index (χ3n) is 5.34. The highest BCUT2D eigenvalue weighted by molar-refractivity contribution is 5.87. The zero-order chi connectivity index (χ0) is 24.6. The van der Waals surface area contributed by atoms with E-state index in [-0.39, 0.29) is 5.78 Å². The number of carbonyl (C=O) groups excluding carboxylic acids is 1. The minimum atomic E-state index is -0.805. The molecule has 0 amide bonds. The number of carbonyl (C=O) groups is 2. The Kier molecular flexibility index (Phi) is 24.2. The Morgan fingerprint density at radius 1 is 0.688 bits per heavy atom. The van der Waals surface area contributed by atoms with Gasteiger partial charge in [0.25, 0.3) is 0 Å². The lowest BCUT2D eigenvalue weighted by Gasteiger charge is -2.09. The van der Waals surface area contributed by atoms with Crippen molar-refractivity contribution in [3.05, 3.63) is 23.0 Å². The molecule has 0 unspecified atom stereocenters. The second-order valence-corrected chi connectivity index (χ2v) is 8.59. The number of aliphatic carboxylic acids is 1. The van der Waals surface area contributed by atoms with Crippen LogP contribution in [0.25, 0.3) is 0 Å². The Balaban J connectivity index is 0. The maximum absolute atomic E-state index is 10.9. The molecule has 3 N–H and O–H groups in total. The molecule has 5 nitrogen and oxygen atoms in total. The number of hydrogen-bond donors (Lipinski definition) is 3. The van der Waals surface area contributed by atoms with Crippen molar-refractivity contribution in [2.75, 3.05) is 13.1 Å². The summed E-state index contributed by atoms with van der Waals surface area (Å²) in [6.07, 6.45) is 17.6. The van der Waals surface area contributed by atoms with Crippen molar-refractivity contribution in [1.82, 2.24) is 10.6 Å². The van der Waals surface area contributed by atoms with Crippen molar-refractivity contribution < 1.29 is 14.7 Å². The van der Waals surface area contributed by atoms with Crippen LogP contribution >= 0.6 is 0 Å². The van der Waals surface area contributed by atoms with Crippen LogP contribution in [-0.2, 0) is 9.59 Å². The molecule has 0 saturated heterocycles. The van der Waals surface area contributed by atoms with Crippen molar-refractivity contribution in [1.29, 1.82) is 0 Å². The lowest BCUT2D eigenvalue weighted by atomic mass is 10.1. The summed E-state index contributed by atoms with van der Waals surface area (Å²) in [5, 5.41) is 15.4. The van der Waals surface area contributed by atoms with Crippen LogP contribution in [0.2, 0.25) is 0 Å². The predicted octanol–water partition coefficient (Wildman–Crippen LogP) is 7.13. The van der Waals surface area contributed by atoms with E-state index in [0.29, 0.717) is 12.0 Å². The Morgan fingerprint density at radius 3 is 1.53 bits per heavy atom. The number of nitrogens with one attached hydrogen (secondary N) is 2. The Labute approximate surface area is 198 Å². The van der Waals surface area contributed by atoms with Gasteiger partial charge in [0.1, 0.15) is 0 Å². The average Bonchev–Trinajstić information content (AvgIpc) is 2.72. The highest BCUT2D eigenvalue weighted by Gasteiger charge is 2.08. The third kappa shape index (κ3) is 22.9. The molecule has 32 heavy (non-hydrogen) atoms. The normalized spacial score (nSPS) is 11.9. The molecule has 0 aliphatic rings. The number of allylic oxidation sites excluding steroid dienone is 3. The minimum absolute atomic E-state index is 0.114. The van der Waals surface area contributed by atoms with E-state index in [1.54, 1.807) is 13.0 Å². The molecule has 0 saturated carbocycles. The number of carboxylic acids is 1. The first kappa shape index (κ1) is 32.4. The molecule has 0 radical (unpaired) electrons. The van der Waals surface area contributed by atoms with Crippen LogP contribution < -0.4 is 10.6 Å². The lowest BCUT2D eigenvalue weighted by molar-refractivity contribution is -0.132. The van der Waals surface area contributed by atoms with Crippen LogP contribution in [0, 0.1) is 0 Å². The maximum Gasteiger partial charge on any atom is 0.333 e. The van der Waals surface area contributed by atoms with Gasteiger partial charge in [-0.3, -0.25) is 4.79 Å². The van der Waals surface area contributed by atoms with Gasteiger partial charge in [-0.2, -0.15) is 0 Å². The van der Waals surface area contributed by atoms with Crippen molar-refractivity contribution in [2.45, 2.75) is 125 Å². The quantitative estimate of drug-likeness (QED) is 0.143. The summed E-state index contributed by atoms with van der Waals surface area (Å²) in [6, 6.07) is 0. The Bertz CT molecular complexity index is 539. The lowest BCUT2D eigenvalue weighted by Crippen LogP contribution is -2.17. The van der Waals surface area contributed by atoms with Gasteiger partial charge < -0.3 is 15.7 Å². The van der Waals surface area contributed by atoms with E-state index in [1.807, 2.05) is 20.8 Å². The fourth-order valence-corrected chi connectivity index (χ4v) is 3.41. The molecule has 5 heteroatoms. The molecule has 0 atom stereocenters. The van der Waals surface area contributed by atoms with Crippen molar-refractivity contribution in [3.8, 4) is 0 Å². The van der Waals surface area contributed by atoms with Crippen molar-refractivity contribution in [3.63, 3.8) is 0 Å². The summed E-state index contributed by atoms with van der Waals surface area (Å²) in [7, 11) is 0. The standard InChI is InChI=1S/C14H27NO2.C13H25NO/c1-4-6-7-8-9-10-11-15-12(3)13(5-2)14(16)17;1-4-5-6-7-8-9-10-14-12(2)11-13(3)15/h15H,4-11H2,1-3H3,(H,16,17);11,14H,4-10H2,1-3H3/b13-12-;12-11-. The fourth-order valence-electron chi connectivity index (χ4n) is 3.41. The molecule has 0 fully saturated rings. The van der Waals surface area contributed by atoms with Gasteiger partial charge in [-0.25, -0.2) is 4.79 Å². The van der Waals surface area contributed by atoms with E-state index in [0.717, 1.165) is 30.9 Å². The monoisotopic (exact) mass is 452 g/mol. The second kappa shape index (κ2) is 23.9. The SMILES string of the molecule is CCCCCCCCN/C(C)=C(/CC)C(=O)O.CCCCCCCCN/C(C)=C\C(C)=O. The summed E-state index contributed by atoms with van der Waals surface area (Å²) in [5.74, 6) is -0.691. The zero-order valence-corrected chi connectivity index (χ0v) is 21.9. The maximum atomic E-state index is 10.9. The fraction of sp³-hybridized carbons (Fsp3) is 0.778. The smallest absolute Gasteiger partial charge is 0.333 e. The summed E-state index contributed by atoms with van der Waals surface area (Å²) in [6.45, 7) is 13.6. The summed E-state index contributed by atoms with van der Waals surface area (Å²) < 4.78 is 0. The van der Waals surface area contributed by atoms with E-state index in [4.69, 9.17) is 5.11 Å². The molecule has 188 valence electrons. The minimum Gasteiger partial charge on any atom is -0.478 e. The van der Waals surface area contributed by atoms with E-state index in [2.05, 4.69) is 24.5 Å². The molecule has 0 bridgehead atoms. The third-order valence-corrected chi connectivity index (χ3v) is 5.34. The van der Waals surface area contributed by atoms with Crippen molar-refractivity contribution >= 4 is 11.8 Å². The van der Waals surface area contributed by atoms with Gasteiger partial charge in [0.15, 0.2) is 5.78 Å². The number of unbranched alkanes of at least 4 members (excludes halogenated alkanes) is 10. The van der Waals surface area contributed by atoms with Crippen LogP contribution in [0.3, 0.4) is 0 Å². The van der Waals surface area contributed by atoms with Gasteiger partial charge in [-0.15, -0.1) is 0 Å². The summed E-state index contributed by atoms with van der Waals surface area (Å²) in [4.78, 5) is 21.6. The van der Waals surface area contributed by atoms with Gasteiger partial charge in [0.2, 0.25) is 0 Å². The molecule has 0 aromatic rings. The highest BCUT2D eigenvalue weighted by atomic mass is 16.4. The molecular formula is C27H52N2O3. The number of carboxylic acid groups (broad SMARTS) is 1. The number of ketones is 1. The predicted molar refractivity (Wildman–Crippen MR) is 138 cm³/mol. The van der Waals surface area contributed by atoms with E-state index in [9.17, 15) is 9.59 Å². The average molecular weight is 453 g/mol. The number of rotatable bonds is 19.